The van der Waals surface area contributed by atoms with Crippen LogP contribution in [0.1, 0.15) is 60.5 Å². The lowest BCUT2D eigenvalue weighted by Gasteiger charge is -2.36. The highest BCUT2D eigenvalue weighted by Gasteiger charge is 2.36. The summed E-state index contributed by atoms with van der Waals surface area (Å²) in [7, 11) is 2.19. The van der Waals surface area contributed by atoms with Crippen molar-refractivity contribution in [2.75, 3.05) is 44.7 Å². The number of nitrogens with zero attached hydrogens (tertiary/aromatic N) is 6. The number of anilines is 1. The second-order valence-electron chi connectivity index (χ2n) is 8.84. The molecule has 0 unspecified atom stereocenters. The fourth-order valence-electron chi connectivity index (χ4n) is 5.33. The summed E-state index contributed by atoms with van der Waals surface area (Å²) in [6.45, 7) is 7.45. The lowest BCUT2D eigenvalue weighted by molar-refractivity contribution is 0.156. The topological polar surface area (TPSA) is 48.4 Å². The molecule has 5 rings (SSSR count). The Hall–Kier alpha value is -2.05. The van der Waals surface area contributed by atoms with Gasteiger partial charge in [-0.3, -0.25) is 9.88 Å². The number of aryl methyl sites for hydroxylation is 2. The zero-order chi connectivity index (χ0) is 19.8. The van der Waals surface area contributed by atoms with Gasteiger partial charge in [-0.1, -0.05) is 6.07 Å². The van der Waals surface area contributed by atoms with Crippen molar-refractivity contribution in [3.05, 3.63) is 47.2 Å². The molecule has 2 atom stereocenters. The van der Waals surface area contributed by atoms with E-state index in [9.17, 15) is 0 Å². The maximum Gasteiger partial charge on any atom is 0.132 e. The number of pyridine rings is 1. The third-order valence-corrected chi connectivity index (χ3v) is 6.87. The van der Waals surface area contributed by atoms with Crippen LogP contribution in [0.3, 0.4) is 0 Å². The van der Waals surface area contributed by atoms with E-state index in [-0.39, 0.29) is 0 Å². The molecule has 1 aliphatic carbocycles. The molecule has 0 spiro atoms. The zero-order valence-electron chi connectivity index (χ0n) is 17.7. The Kier molecular flexibility index (Phi) is 5.22. The van der Waals surface area contributed by atoms with Crippen LogP contribution in [0.2, 0.25) is 0 Å². The second-order valence-corrected chi connectivity index (χ2v) is 8.84. The molecule has 0 saturated carbocycles. The summed E-state index contributed by atoms with van der Waals surface area (Å²) >= 11 is 0. The van der Waals surface area contributed by atoms with Gasteiger partial charge in [-0.2, -0.15) is 0 Å². The van der Waals surface area contributed by atoms with Crippen LogP contribution in [-0.2, 0) is 6.42 Å². The fourth-order valence-corrected chi connectivity index (χ4v) is 5.33. The second kappa shape index (κ2) is 8.00. The molecule has 0 bridgehead atoms. The molecule has 2 aromatic heterocycles. The largest absolute Gasteiger partial charge is 0.354 e. The predicted octanol–water partition coefficient (Wildman–Crippen LogP) is 3.15. The van der Waals surface area contributed by atoms with E-state index in [4.69, 9.17) is 15.0 Å². The minimum absolute atomic E-state index is 0.376. The molecule has 29 heavy (non-hydrogen) atoms. The van der Waals surface area contributed by atoms with Gasteiger partial charge in [-0.05, 0) is 64.3 Å². The quantitative estimate of drug-likeness (QED) is 0.800. The van der Waals surface area contributed by atoms with E-state index in [0.717, 1.165) is 44.4 Å². The molecule has 2 aromatic rings. The van der Waals surface area contributed by atoms with Gasteiger partial charge in [-0.15, -0.1) is 0 Å². The number of piperazine rings is 1. The van der Waals surface area contributed by atoms with Crippen LogP contribution >= 0.6 is 0 Å². The van der Waals surface area contributed by atoms with E-state index >= 15 is 0 Å². The Balaban J connectivity index is 1.43. The van der Waals surface area contributed by atoms with Crippen LogP contribution in [-0.4, -0.2) is 64.5 Å². The van der Waals surface area contributed by atoms with Crippen LogP contribution in [0.4, 0.5) is 5.82 Å². The van der Waals surface area contributed by atoms with Crippen molar-refractivity contribution in [1.82, 2.24) is 24.8 Å². The van der Waals surface area contributed by atoms with Crippen molar-refractivity contribution in [2.24, 2.45) is 0 Å². The molecule has 2 fully saturated rings. The highest BCUT2D eigenvalue weighted by atomic mass is 15.3. The molecule has 0 aromatic carbocycles. The molecule has 6 nitrogen and oxygen atoms in total. The Morgan fingerprint density at radius 2 is 1.79 bits per heavy atom. The Labute approximate surface area is 174 Å². The molecular formula is C23H32N6. The molecule has 6 heteroatoms. The van der Waals surface area contributed by atoms with Gasteiger partial charge in [0, 0.05) is 38.4 Å². The number of hydrogen-bond donors (Lipinski definition) is 0. The normalized spacial score (nSPS) is 25.9. The maximum atomic E-state index is 4.92. The van der Waals surface area contributed by atoms with Crippen molar-refractivity contribution in [3.8, 4) is 0 Å². The summed E-state index contributed by atoms with van der Waals surface area (Å²) in [6.07, 6.45) is 7.99. The minimum atomic E-state index is 0.376. The number of fused-ring (bicyclic) bond motifs is 1. The van der Waals surface area contributed by atoms with Gasteiger partial charge < -0.3 is 9.80 Å². The van der Waals surface area contributed by atoms with E-state index in [1.54, 1.807) is 0 Å². The molecule has 3 aliphatic rings. The lowest BCUT2D eigenvalue weighted by Crippen LogP contribution is -2.45. The van der Waals surface area contributed by atoms with E-state index in [1.807, 2.05) is 13.1 Å². The Morgan fingerprint density at radius 1 is 0.966 bits per heavy atom. The van der Waals surface area contributed by atoms with E-state index in [1.165, 1.54) is 49.1 Å². The summed E-state index contributed by atoms with van der Waals surface area (Å²) in [5.41, 5.74) is 3.94. The van der Waals surface area contributed by atoms with E-state index < -0.39 is 0 Å². The van der Waals surface area contributed by atoms with Crippen LogP contribution in [0.5, 0.6) is 0 Å². The van der Waals surface area contributed by atoms with Gasteiger partial charge >= 0.3 is 0 Å². The third kappa shape index (κ3) is 3.76. The number of likely N-dealkylation sites (tertiary alicyclic amines) is 1. The van der Waals surface area contributed by atoms with Crippen LogP contribution in [0, 0.1) is 6.92 Å². The highest BCUT2D eigenvalue weighted by Crippen LogP contribution is 2.42. The first-order valence-electron chi connectivity index (χ1n) is 11.2. The first-order chi connectivity index (χ1) is 14.2. The molecular weight excluding hydrogens is 360 g/mol. The predicted molar refractivity (Wildman–Crippen MR) is 115 cm³/mol. The van der Waals surface area contributed by atoms with E-state index in [2.05, 4.69) is 39.9 Å². The first-order valence-corrected chi connectivity index (χ1v) is 11.2. The van der Waals surface area contributed by atoms with Crippen LogP contribution in [0.25, 0.3) is 0 Å². The number of hydrogen-bond acceptors (Lipinski definition) is 6. The first kappa shape index (κ1) is 18.9. The molecule has 0 radical (unpaired) electrons. The summed E-state index contributed by atoms with van der Waals surface area (Å²) in [5.74, 6) is 2.00. The molecule has 0 N–H and O–H groups in total. The monoisotopic (exact) mass is 392 g/mol. The Morgan fingerprint density at radius 3 is 2.66 bits per heavy atom. The van der Waals surface area contributed by atoms with Crippen molar-refractivity contribution >= 4 is 5.82 Å². The van der Waals surface area contributed by atoms with Crippen molar-refractivity contribution in [2.45, 2.75) is 51.1 Å². The minimum Gasteiger partial charge on any atom is -0.354 e. The number of aromatic nitrogens is 3. The lowest BCUT2D eigenvalue weighted by atomic mass is 9.90. The fraction of sp³-hybridized carbons (Fsp3) is 0.609. The van der Waals surface area contributed by atoms with E-state index in [0.29, 0.717) is 12.1 Å². The molecule has 2 saturated heterocycles. The molecule has 4 heterocycles. The zero-order valence-corrected chi connectivity index (χ0v) is 17.7. The van der Waals surface area contributed by atoms with Crippen molar-refractivity contribution < 1.29 is 0 Å². The van der Waals surface area contributed by atoms with Gasteiger partial charge in [0.15, 0.2) is 0 Å². The average Bonchev–Trinajstić information content (AvgIpc) is 3.23. The summed E-state index contributed by atoms with van der Waals surface area (Å²) in [5, 5.41) is 0. The number of rotatable bonds is 3. The van der Waals surface area contributed by atoms with Crippen LogP contribution in [0.15, 0.2) is 24.4 Å². The average molecular weight is 393 g/mol. The third-order valence-electron chi connectivity index (χ3n) is 6.87. The van der Waals surface area contributed by atoms with Crippen molar-refractivity contribution in [3.63, 3.8) is 0 Å². The SMILES string of the molecule is Cc1nc([C@H]2CCCN2[C@@H]2CCCc3cccnc32)cc(N2CCN(C)CC2)n1. The van der Waals surface area contributed by atoms with Crippen LogP contribution < -0.4 is 4.90 Å². The van der Waals surface area contributed by atoms with Gasteiger partial charge in [0.1, 0.15) is 11.6 Å². The molecule has 154 valence electrons. The van der Waals surface area contributed by atoms with Gasteiger partial charge in [0.05, 0.1) is 23.5 Å². The van der Waals surface area contributed by atoms with Crippen molar-refractivity contribution in [1.29, 1.82) is 0 Å². The maximum absolute atomic E-state index is 4.92. The summed E-state index contributed by atoms with van der Waals surface area (Å²) in [4.78, 5) is 22.0. The molecule has 2 aliphatic heterocycles. The smallest absolute Gasteiger partial charge is 0.132 e. The van der Waals surface area contributed by atoms with Gasteiger partial charge in [0.25, 0.3) is 0 Å². The Bertz CT molecular complexity index is 860. The summed E-state index contributed by atoms with van der Waals surface area (Å²) in [6, 6.07) is 7.41. The highest BCUT2D eigenvalue weighted by molar-refractivity contribution is 5.41. The van der Waals surface area contributed by atoms with Gasteiger partial charge in [0.2, 0.25) is 0 Å². The summed E-state index contributed by atoms with van der Waals surface area (Å²) < 4.78 is 0. The standard InChI is InChI=1S/C23H32N6/c1-17-25-19(16-22(26-17)28-14-12-27(2)13-15-28)20-9-5-11-29(20)21-8-3-6-18-7-4-10-24-23(18)21/h4,7,10,16,20-21H,3,5-6,8-9,11-15H2,1-2H3/t20-,21-/m1/s1. The van der Waals surface area contributed by atoms with Gasteiger partial charge in [-0.25, -0.2) is 9.97 Å². The molecule has 0 amide bonds. The number of likely N-dealkylation sites (N-methyl/N-ethyl adjacent to an activating group) is 1.